The van der Waals surface area contributed by atoms with Crippen molar-refractivity contribution in [1.82, 2.24) is 9.80 Å². The van der Waals surface area contributed by atoms with Gasteiger partial charge in [-0.2, -0.15) is 0 Å². The van der Waals surface area contributed by atoms with Crippen molar-refractivity contribution < 1.29 is 18.7 Å². The number of rotatable bonds is 4. The zero-order chi connectivity index (χ0) is 18.1. The fourth-order valence-electron chi connectivity index (χ4n) is 4.03. The van der Waals surface area contributed by atoms with Crippen molar-refractivity contribution in [3.05, 3.63) is 54.0 Å². The minimum atomic E-state index is -0.432. The summed E-state index contributed by atoms with van der Waals surface area (Å²) in [4.78, 5) is 29.3. The van der Waals surface area contributed by atoms with Crippen LogP contribution in [0.25, 0.3) is 0 Å². The van der Waals surface area contributed by atoms with Crippen LogP contribution in [0.4, 0.5) is 0 Å². The molecule has 0 aliphatic carbocycles. The molecule has 2 aliphatic heterocycles. The molecule has 2 fully saturated rings. The van der Waals surface area contributed by atoms with E-state index in [1.807, 2.05) is 29.2 Å². The van der Waals surface area contributed by atoms with Gasteiger partial charge in [0.05, 0.1) is 24.4 Å². The van der Waals surface area contributed by atoms with Crippen LogP contribution in [0.15, 0.2) is 47.3 Å². The molecule has 1 aromatic carbocycles. The van der Waals surface area contributed by atoms with Crippen LogP contribution in [0.5, 0.6) is 5.75 Å². The largest absolute Gasteiger partial charge is 0.497 e. The van der Waals surface area contributed by atoms with Crippen LogP contribution < -0.4 is 4.74 Å². The van der Waals surface area contributed by atoms with Gasteiger partial charge in [-0.25, -0.2) is 0 Å². The summed E-state index contributed by atoms with van der Waals surface area (Å²) >= 11 is 0. The summed E-state index contributed by atoms with van der Waals surface area (Å²) in [6.45, 7) is 2.41. The highest BCUT2D eigenvalue weighted by Gasteiger charge is 2.51. The molecular weight excluding hydrogens is 332 g/mol. The molecule has 1 spiro atoms. The monoisotopic (exact) mass is 354 g/mol. The predicted octanol–water partition coefficient (Wildman–Crippen LogP) is 2.55. The first kappa shape index (κ1) is 16.7. The van der Waals surface area contributed by atoms with Crippen LogP contribution in [0.3, 0.4) is 0 Å². The third-order valence-electron chi connectivity index (χ3n) is 5.52. The van der Waals surface area contributed by atoms with Crippen LogP contribution in [0.1, 0.15) is 28.8 Å². The van der Waals surface area contributed by atoms with E-state index >= 15 is 0 Å². The molecule has 1 aromatic heterocycles. The SMILES string of the molecule is COc1cccc(CN2CCC3(CCN(C(=O)c4ccoc4)C3)C2=O)c1. The molecule has 0 bridgehead atoms. The smallest absolute Gasteiger partial charge is 0.257 e. The Balaban J connectivity index is 1.44. The van der Waals surface area contributed by atoms with Crippen molar-refractivity contribution in [1.29, 1.82) is 0 Å². The lowest BCUT2D eigenvalue weighted by Gasteiger charge is -2.23. The van der Waals surface area contributed by atoms with Crippen molar-refractivity contribution in [2.45, 2.75) is 19.4 Å². The molecule has 1 unspecified atom stereocenters. The molecule has 1 atom stereocenters. The van der Waals surface area contributed by atoms with E-state index in [9.17, 15) is 9.59 Å². The molecule has 2 aliphatic rings. The fraction of sp³-hybridized carbons (Fsp3) is 0.400. The second-order valence-corrected chi connectivity index (χ2v) is 7.10. The lowest BCUT2D eigenvalue weighted by Crippen LogP contribution is -2.38. The zero-order valence-electron chi connectivity index (χ0n) is 14.8. The molecule has 0 saturated carbocycles. The number of hydrogen-bond donors (Lipinski definition) is 0. The second kappa shape index (κ2) is 6.52. The minimum Gasteiger partial charge on any atom is -0.497 e. The minimum absolute atomic E-state index is 0.0605. The van der Waals surface area contributed by atoms with Crippen molar-refractivity contribution in [2.75, 3.05) is 26.7 Å². The number of benzene rings is 1. The molecule has 2 amide bonds. The average molecular weight is 354 g/mol. The maximum absolute atomic E-state index is 13.1. The van der Waals surface area contributed by atoms with Gasteiger partial charge in [0.25, 0.3) is 5.91 Å². The third kappa shape index (κ3) is 2.85. The number of hydrogen-bond acceptors (Lipinski definition) is 4. The second-order valence-electron chi connectivity index (χ2n) is 7.10. The highest BCUT2D eigenvalue weighted by Crippen LogP contribution is 2.41. The third-order valence-corrected chi connectivity index (χ3v) is 5.52. The summed E-state index contributed by atoms with van der Waals surface area (Å²) in [7, 11) is 1.64. The number of likely N-dealkylation sites (tertiary alicyclic amines) is 2. The average Bonchev–Trinajstić information content (AvgIpc) is 3.40. The highest BCUT2D eigenvalue weighted by molar-refractivity contribution is 5.95. The van der Waals surface area contributed by atoms with Crippen LogP contribution in [-0.4, -0.2) is 48.4 Å². The molecule has 26 heavy (non-hydrogen) atoms. The summed E-state index contributed by atoms with van der Waals surface area (Å²) < 4.78 is 10.3. The van der Waals surface area contributed by atoms with Crippen molar-refractivity contribution >= 4 is 11.8 Å². The Morgan fingerprint density at radius 1 is 1.27 bits per heavy atom. The predicted molar refractivity (Wildman–Crippen MR) is 94.7 cm³/mol. The Morgan fingerprint density at radius 2 is 2.12 bits per heavy atom. The van der Waals surface area contributed by atoms with Gasteiger partial charge in [0, 0.05) is 26.2 Å². The van der Waals surface area contributed by atoms with Gasteiger partial charge < -0.3 is 19.0 Å². The molecule has 2 saturated heterocycles. The first-order valence-corrected chi connectivity index (χ1v) is 8.85. The van der Waals surface area contributed by atoms with Gasteiger partial charge in [0.15, 0.2) is 0 Å². The van der Waals surface area contributed by atoms with Crippen LogP contribution in [0, 0.1) is 5.41 Å². The van der Waals surface area contributed by atoms with Gasteiger partial charge >= 0.3 is 0 Å². The van der Waals surface area contributed by atoms with E-state index in [4.69, 9.17) is 9.15 Å². The van der Waals surface area contributed by atoms with Gasteiger partial charge in [-0.05, 0) is 36.6 Å². The molecule has 6 nitrogen and oxygen atoms in total. The van der Waals surface area contributed by atoms with E-state index < -0.39 is 5.41 Å². The molecule has 2 aromatic rings. The van der Waals surface area contributed by atoms with E-state index in [0.717, 1.165) is 30.7 Å². The van der Waals surface area contributed by atoms with Crippen LogP contribution in [-0.2, 0) is 11.3 Å². The van der Waals surface area contributed by atoms with Gasteiger partial charge in [-0.3, -0.25) is 9.59 Å². The molecule has 4 rings (SSSR count). The number of nitrogens with zero attached hydrogens (tertiary/aromatic N) is 2. The van der Waals surface area contributed by atoms with E-state index in [2.05, 4.69) is 0 Å². The van der Waals surface area contributed by atoms with Gasteiger partial charge in [0.1, 0.15) is 12.0 Å². The summed E-state index contributed by atoms with van der Waals surface area (Å²) in [5.74, 6) is 0.888. The standard InChI is InChI=1S/C20H22N2O4/c1-25-17-4-2-3-15(11-17)12-21-8-6-20(19(21)24)7-9-22(14-20)18(23)16-5-10-26-13-16/h2-5,10-11,13H,6-9,12,14H2,1H3. The lowest BCUT2D eigenvalue weighted by molar-refractivity contribution is -0.135. The first-order valence-electron chi connectivity index (χ1n) is 8.85. The zero-order valence-corrected chi connectivity index (χ0v) is 14.8. The summed E-state index contributed by atoms with van der Waals surface area (Å²) in [5.41, 5.74) is 1.16. The van der Waals surface area contributed by atoms with Crippen molar-refractivity contribution in [3.63, 3.8) is 0 Å². The Labute approximate surface area is 152 Å². The number of carbonyl (C=O) groups excluding carboxylic acids is 2. The summed E-state index contributed by atoms with van der Waals surface area (Å²) in [6, 6.07) is 9.46. The quantitative estimate of drug-likeness (QED) is 0.846. The topological polar surface area (TPSA) is 63.0 Å². The van der Waals surface area contributed by atoms with Gasteiger partial charge in [-0.15, -0.1) is 0 Å². The highest BCUT2D eigenvalue weighted by atomic mass is 16.5. The number of amides is 2. The molecule has 0 radical (unpaired) electrons. The van der Waals surface area contributed by atoms with Crippen molar-refractivity contribution in [3.8, 4) is 5.75 Å². The Hall–Kier alpha value is -2.76. The van der Waals surface area contributed by atoms with Crippen LogP contribution in [0.2, 0.25) is 0 Å². The van der Waals surface area contributed by atoms with E-state index in [0.29, 0.717) is 25.2 Å². The molecule has 6 heteroatoms. The maximum Gasteiger partial charge on any atom is 0.257 e. The summed E-state index contributed by atoms with van der Waals surface area (Å²) in [5, 5.41) is 0. The number of methoxy groups -OCH3 is 1. The van der Waals surface area contributed by atoms with Crippen LogP contribution >= 0.6 is 0 Å². The van der Waals surface area contributed by atoms with E-state index in [1.54, 1.807) is 18.1 Å². The van der Waals surface area contributed by atoms with Gasteiger partial charge in [-0.1, -0.05) is 12.1 Å². The molecular formula is C20H22N2O4. The number of carbonyl (C=O) groups is 2. The van der Waals surface area contributed by atoms with Gasteiger partial charge in [0.2, 0.25) is 5.91 Å². The van der Waals surface area contributed by atoms with Crippen molar-refractivity contribution in [2.24, 2.45) is 5.41 Å². The molecule has 3 heterocycles. The molecule has 0 N–H and O–H groups in total. The first-order chi connectivity index (χ1) is 12.6. The lowest BCUT2D eigenvalue weighted by atomic mass is 9.85. The van der Waals surface area contributed by atoms with E-state index in [-0.39, 0.29) is 11.8 Å². The summed E-state index contributed by atoms with van der Waals surface area (Å²) in [6.07, 6.45) is 4.48. The molecule has 136 valence electrons. The van der Waals surface area contributed by atoms with E-state index in [1.165, 1.54) is 12.5 Å². The normalized spacial score (nSPS) is 22.4. The Kier molecular flexibility index (Phi) is 4.18. The fourth-order valence-corrected chi connectivity index (χ4v) is 4.03. The Morgan fingerprint density at radius 3 is 2.88 bits per heavy atom. The Bertz CT molecular complexity index is 817. The number of ether oxygens (including phenoxy) is 1. The maximum atomic E-state index is 13.1. The number of furan rings is 1.